The fraction of sp³-hybridized carbons (Fsp3) is 1.00. The second-order valence-electron chi connectivity index (χ2n) is 1.98. The Bertz CT molecular complexity index is 57.9. The minimum absolute atomic E-state index is 0.560. The summed E-state index contributed by atoms with van der Waals surface area (Å²) in [5.74, 6) is 0. The van der Waals surface area contributed by atoms with Crippen LogP contribution in [0.3, 0.4) is 0 Å². The van der Waals surface area contributed by atoms with Gasteiger partial charge in [0.1, 0.15) is 4.20 Å². The van der Waals surface area contributed by atoms with Crippen molar-refractivity contribution in [2.45, 2.75) is 30.4 Å². The lowest BCUT2D eigenvalue weighted by atomic mass is 10.2. The fourth-order valence-electron chi connectivity index (χ4n) is 0.437. The molecule has 50 valence electrons. The minimum atomic E-state index is -0.560. The van der Waals surface area contributed by atoms with E-state index >= 15 is 0 Å². The summed E-state index contributed by atoms with van der Waals surface area (Å²) in [6, 6.07) is 0. The van der Waals surface area contributed by atoms with Gasteiger partial charge in [0.25, 0.3) is 0 Å². The zero-order valence-electron chi connectivity index (χ0n) is 5.09. The average Bonchev–Trinajstić information content (AvgIpc) is 1.59. The van der Waals surface area contributed by atoms with Gasteiger partial charge in [-0.1, -0.05) is 19.8 Å². The molecular weight excluding hydrogens is 138 g/mol. The zero-order chi connectivity index (χ0) is 6.62. The molecule has 0 aliphatic carbocycles. The topological polar surface area (TPSA) is 26.0 Å². The highest BCUT2D eigenvalue weighted by Gasteiger charge is 2.10. The third kappa shape index (κ3) is 6.66. The van der Waals surface area contributed by atoms with Crippen molar-refractivity contribution >= 4 is 25.3 Å². The molecule has 3 heteroatoms. The normalized spacial score (nSPS) is 12.0. The molecule has 0 rings (SSSR count). The zero-order valence-corrected chi connectivity index (χ0v) is 6.88. The van der Waals surface area contributed by atoms with Crippen LogP contribution in [0.15, 0.2) is 0 Å². The average molecular weight is 151 g/mol. The Morgan fingerprint density at radius 2 is 2.00 bits per heavy atom. The maximum atomic E-state index is 5.45. The predicted octanol–water partition coefficient (Wildman–Crippen LogP) is 1.65. The van der Waals surface area contributed by atoms with Crippen molar-refractivity contribution in [1.82, 2.24) is 0 Å². The van der Waals surface area contributed by atoms with Gasteiger partial charge in [0.05, 0.1) is 0 Å². The van der Waals surface area contributed by atoms with E-state index in [2.05, 4.69) is 32.2 Å². The smallest absolute Gasteiger partial charge is 0.103 e. The van der Waals surface area contributed by atoms with E-state index in [9.17, 15) is 0 Å². The maximum Gasteiger partial charge on any atom is 0.103 e. The molecular formula is C5H13NS2. The van der Waals surface area contributed by atoms with E-state index < -0.39 is 4.20 Å². The van der Waals surface area contributed by atoms with E-state index in [0.717, 1.165) is 19.3 Å². The van der Waals surface area contributed by atoms with Gasteiger partial charge in [-0.25, -0.2) is 0 Å². The Balaban J connectivity index is 3.11. The Hall–Kier alpha value is 0.660. The summed E-state index contributed by atoms with van der Waals surface area (Å²) in [6.45, 7) is 2.12. The maximum absolute atomic E-state index is 5.45. The molecule has 8 heavy (non-hydrogen) atoms. The first-order valence-corrected chi connectivity index (χ1v) is 3.69. The summed E-state index contributed by atoms with van der Waals surface area (Å²) < 4.78 is -0.560. The van der Waals surface area contributed by atoms with Crippen molar-refractivity contribution in [2.75, 3.05) is 0 Å². The summed E-state index contributed by atoms with van der Waals surface area (Å²) >= 11 is 8.06. The third-order valence-electron chi connectivity index (χ3n) is 0.898. The van der Waals surface area contributed by atoms with Gasteiger partial charge in [0.15, 0.2) is 0 Å². The second kappa shape index (κ2) is 3.64. The Labute approximate surface area is 61.8 Å². The Morgan fingerprint density at radius 3 is 2.12 bits per heavy atom. The van der Waals surface area contributed by atoms with Gasteiger partial charge in [-0.05, 0) is 6.42 Å². The molecule has 0 aromatic rings. The van der Waals surface area contributed by atoms with Crippen LogP contribution in [0.5, 0.6) is 0 Å². The van der Waals surface area contributed by atoms with E-state index in [1.165, 1.54) is 0 Å². The van der Waals surface area contributed by atoms with Crippen molar-refractivity contribution < 1.29 is 0 Å². The van der Waals surface area contributed by atoms with Crippen molar-refractivity contribution in [2.24, 2.45) is 5.73 Å². The summed E-state index contributed by atoms with van der Waals surface area (Å²) in [7, 11) is 0. The van der Waals surface area contributed by atoms with E-state index in [0.29, 0.717) is 0 Å². The quantitative estimate of drug-likeness (QED) is 0.415. The molecule has 1 nitrogen and oxygen atoms in total. The molecule has 0 radical (unpaired) electrons. The van der Waals surface area contributed by atoms with E-state index in [1.54, 1.807) is 0 Å². The van der Waals surface area contributed by atoms with Gasteiger partial charge >= 0.3 is 0 Å². The molecule has 0 amide bonds. The summed E-state index contributed by atoms with van der Waals surface area (Å²) in [6.07, 6.45) is 3.12. The van der Waals surface area contributed by atoms with Gasteiger partial charge < -0.3 is 5.73 Å². The van der Waals surface area contributed by atoms with Crippen LogP contribution < -0.4 is 5.73 Å². The van der Waals surface area contributed by atoms with Crippen LogP contribution in [0.25, 0.3) is 0 Å². The molecule has 0 bridgehead atoms. The number of hydrogen-bond acceptors (Lipinski definition) is 3. The highest BCUT2D eigenvalue weighted by Crippen LogP contribution is 2.18. The molecule has 0 heterocycles. The van der Waals surface area contributed by atoms with Gasteiger partial charge in [-0.15, -0.1) is 25.3 Å². The number of rotatable bonds is 3. The van der Waals surface area contributed by atoms with Crippen LogP contribution in [0.2, 0.25) is 0 Å². The molecule has 0 aliphatic rings. The van der Waals surface area contributed by atoms with Crippen LogP contribution in [0, 0.1) is 0 Å². The first-order valence-electron chi connectivity index (χ1n) is 2.80. The molecule has 2 N–H and O–H groups in total. The van der Waals surface area contributed by atoms with Crippen LogP contribution in [0.4, 0.5) is 0 Å². The minimum Gasteiger partial charge on any atom is -0.309 e. The molecule has 0 unspecified atom stereocenters. The summed E-state index contributed by atoms with van der Waals surface area (Å²) in [4.78, 5) is 0. The molecule has 0 aliphatic heterocycles. The molecule has 0 atom stereocenters. The van der Waals surface area contributed by atoms with Crippen molar-refractivity contribution in [3.63, 3.8) is 0 Å². The first kappa shape index (κ1) is 8.66. The monoisotopic (exact) mass is 151 g/mol. The lowest BCUT2D eigenvalue weighted by Crippen LogP contribution is -2.25. The van der Waals surface area contributed by atoms with Crippen LogP contribution in [-0.2, 0) is 0 Å². The highest BCUT2D eigenvalue weighted by atomic mass is 32.2. The Kier molecular flexibility index (Phi) is 3.94. The van der Waals surface area contributed by atoms with Crippen LogP contribution >= 0.6 is 25.3 Å². The van der Waals surface area contributed by atoms with Crippen molar-refractivity contribution in [3.8, 4) is 0 Å². The first-order chi connectivity index (χ1) is 3.56. The van der Waals surface area contributed by atoms with Gasteiger partial charge in [-0.3, -0.25) is 0 Å². The van der Waals surface area contributed by atoms with E-state index in [-0.39, 0.29) is 0 Å². The summed E-state index contributed by atoms with van der Waals surface area (Å²) in [5.41, 5.74) is 5.45. The molecule has 0 saturated carbocycles. The summed E-state index contributed by atoms with van der Waals surface area (Å²) in [5, 5.41) is 0. The van der Waals surface area contributed by atoms with Gasteiger partial charge in [0, 0.05) is 0 Å². The number of nitrogens with two attached hydrogens (primary N) is 1. The molecule has 0 saturated heterocycles. The fourth-order valence-corrected chi connectivity index (χ4v) is 0.753. The van der Waals surface area contributed by atoms with Gasteiger partial charge in [0.2, 0.25) is 0 Å². The van der Waals surface area contributed by atoms with E-state index in [4.69, 9.17) is 5.73 Å². The second-order valence-corrected chi connectivity index (χ2v) is 3.93. The molecule has 0 fully saturated rings. The Morgan fingerprint density at radius 1 is 1.50 bits per heavy atom. The molecule has 0 aromatic heterocycles. The van der Waals surface area contributed by atoms with Crippen molar-refractivity contribution in [1.29, 1.82) is 0 Å². The third-order valence-corrected chi connectivity index (χ3v) is 1.35. The highest BCUT2D eigenvalue weighted by molar-refractivity contribution is 8.00. The lowest BCUT2D eigenvalue weighted by molar-refractivity contribution is 0.674. The van der Waals surface area contributed by atoms with Crippen molar-refractivity contribution in [3.05, 3.63) is 0 Å². The van der Waals surface area contributed by atoms with Gasteiger partial charge in [-0.2, -0.15) is 0 Å². The SMILES string of the molecule is CCCCC(N)(S)S. The number of unbranched alkanes of at least 4 members (excludes halogenated alkanes) is 1. The number of thiol groups is 2. The standard InChI is InChI=1S/C5H13NS2/c1-2-3-4-5(6,7)8/h7-8H,2-4,6H2,1H3. The van der Waals surface area contributed by atoms with Crippen LogP contribution in [-0.4, -0.2) is 4.20 Å². The largest absolute Gasteiger partial charge is 0.309 e. The van der Waals surface area contributed by atoms with E-state index in [1.807, 2.05) is 0 Å². The van der Waals surface area contributed by atoms with Crippen LogP contribution in [0.1, 0.15) is 26.2 Å². The molecule has 0 spiro atoms. The molecule has 0 aromatic carbocycles. The number of hydrogen-bond donors (Lipinski definition) is 3. The predicted molar refractivity (Wildman–Crippen MR) is 44.4 cm³/mol. The lowest BCUT2D eigenvalue weighted by Gasteiger charge is -2.14.